The van der Waals surface area contributed by atoms with Gasteiger partial charge in [0.05, 0.1) is 37.0 Å². The zero-order valence-electron chi connectivity index (χ0n) is 19.7. The highest BCUT2D eigenvalue weighted by molar-refractivity contribution is 7.53. The van der Waals surface area contributed by atoms with Gasteiger partial charge in [0.15, 0.2) is 0 Å². The third kappa shape index (κ3) is 11.4. The van der Waals surface area contributed by atoms with Gasteiger partial charge in [-0.25, -0.2) is 9.59 Å². The van der Waals surface area contributed by atoms with Crippen LogP contribution in [0.15, 0.2) is 30.3 Å². The van der Waals surface area contributed by atoms with Crippen LogP contribution in [0.4, 0.5) is 4.79 Å². The fraction of sp³-hybridized carbons (Fsp3) is 0.545. The van der Waals surface area contributed by atoms with Gasteiger partial charge in [-0.15, -0.1) is 0 Å². The molecule has 34 heavy (non-hydrogen) atoms. The molecule has 0 aliphatic carbocycles. The summed E-state index contributed by atoms with van der Waals surface area (Å²) in [5.41, 5.74) is 0.189. The van der Waals surface area contributed by atoms with Gasteiger partial charge in [-0.2, -0.15) is 0 Å². The van der Waals surface area contributed by atoms with E-state index in [-0.39, 0.29) is 37.8 Å². The number of hydrogen-bond donors (Lipinski definition) is 0. The van der Waals surface area contributed by atoms with Crippen molar-refractivity contribution in [3.63, 3.8) is 0 Å². The lowest BCUT2D eigenvalue weighted by atomic mass is 10.1. The first kappa shape index (κ1) is 29.3. The number of ether oxygens (including phenoxy) is 4. The minimum Gasteiger partial charge on any atom is -0.431 e. The lowest BCUT2D eigenvalue weighted by Crippen LogP contribution is -2.26. The van der Waals surface area contributed by atoms with E-state index in [2.05, 4.69) is 4.74 Å². The molecule has 0 radical (unpaired) electrons. The SMILES string of the molecule is CCOP(=O)(CC(CCC(=O)OC(=O)c1ccccc1)C(=O)OCOC(=O)OC(C)C)OCC. The quantitative estimate of drug-likeness (QED) is 0.119. The molecular weight excluding hydrogens is 471 g/mol. The van der Waals surface area contributed by atoms with Crippen molar-refractivity contribution in [3.05, 3.63) is 35.9 Å². The van der Waals surface area contributed by atoms with Crippen LogP contribution in [0, 0.1) is 5.92 Å². The Labute approximate surface area is 198 Å². The molecule has 11 nitrogen and oxygen atoms in total. The van der Waals surface area contributed by atoms with Gasteiger partial charge in [-0.1, -0.05) is 18.2 Å². The van der Waals surface area contributed by atoms with Gasteiger partial charge in [-0.3, -0.25) is 14.2 Å². The van der Waals surface area contributed by atoms with Crippen LogP contribution in [0.25, 0.3) is 0 Å². The van der Waals surface area contributed by atoms with E-state index in [1.165, 1.54) is 12.1 Å². The zero-order valence-corrected chi connectivity index (χ0v) is 20.6. The van der Waals surface area contributed by atoms with E-state index in [4.69, 9.17) is 23.3 Å². The standard InChI is InChI=1S/C22H31O11P/c1-5-30-34(27,31-6-2)14-18(20(24)28-15-29-22(26)32-16(3)4)12-13-19(23)33-21(25)17-10-8-7-9-11-17/h7-11,16,18H,5-6,12-15H2,1-4H3. The van der Waals surface area contributed by atoms with E-state index in [9.17, 15) is 23.7 Å². The van der Waals surface area contributed by atoms with Crippen molar-refractivity contribution >= 4 is 31.7 Å². The third-order valence-corrected chi connectivity index (χ3v) is 6.24. The predicted octanol–water partition coefficient (Wildman–Crippen LogP) is 4.09. The molecule has 0 fully saturated rings. The maximum absolute atomic E-state index is 12.9. The van der Waals surface area contributed by atoms with Crippen LogP contribution in [0.3, 0.4) is 0 Å². The number of carbonyl (C=O) groups is 4. The summed E-state index contributed by atoms with van der Waals surface area (Å²) in [6.45, 7) is 5.84. The van der Waals surface area contributed by atoms with Crippen molar-refractivity contribution in [2.24, 2.45) is 5.92 Å². The monoisotopic (exact) mass is 502 g/mol. The third-order valence-electron chi connectivity index (χ3n) is 4.05. The molecule has 0 spiro atoms. The van der Waals surface area contributed by atoms with Crippen molar-refractivity contribution in [3.8, 4) is 0 Å². The fourth-order valence-corrected chi connectivity index (χ4v) is 4.59. The first-order valence-electron chi connectivity index (χ1n) is 10.8. The first-order valence-corrected chi connectivity index (χ1v) is 12.5. The summed E-state index contributed by atoms with van der Waals surface area (Å²) in [7, 11) is -3.69. The number of benzene rings is 1. The molecule has 0 aromatic heterocycles. The highest BCUT2D eigenvalue weighted by atomic mass is 31.2. The van der Waals surface area contributed by atoms with Crippen LogP contribution >= 0.6 is 7.60 Å². The van der Waals surface area contributed by atoms with Gasteiger partial charge in [0.25, 0.3) is 0 Å². The van der Waals surface area contributed by atoms with Gasteiger partial charge >= 0.3 is 31.7 Å². The van der Waals surface area contributed by atoms with Crippen molar-refractivity contribution in [1.29, 1.82) is 0 Å². The van der Waals surface area contributed by atoms with Gasteiger partial charge in [0, 0.05) is 6.42 Å². The van der Waals surface area contributed by atoms with Gasteiger partial charge in [0.2, 0.25) is 6.79 Å². The van der Waals surface area contributed by atoms with Crippen LogP contribution in [0.1, 0.15) is 50.9 Å². The molecule has 190 valence electrons. The average molecular weight is 502 g/mol. The van der Waals surface area contributed by atoms with E-state index < -0.39 is 50.5 Å². The molecule has 12 heteroatoms. The topological polar surface area (TPSA) is 141 Å². The van der Waals surface area contributed by atoms with Crippen LogP contribution < -0.4 is 0 Å². The van der Waals surface area contributed by atoms with Crippen molar-refractivity contribution < 1.29 is 51.7 Å². The number of hydrogen-bond acceptors (Lipinski definition) is 11. The summed E-state index contributed by atoms with van der Waals surface area (Å²) in [5.74, 6) is -3.76. The summed E-state index contributed by atoms with van der Waals surface area (Å²) in [6, 6.07) is 7.91. The highest BCUT2D eigenvalue weighted by Crippen LogP contribution is 2.50. The molecule has 0 bridgehead atoms. The van der Waals surface area contributed by atoms with Crippen molar-refractivity contribution in [2.75, 3.05) is 26.2 Å². The maximum Gasteiger partial charge on any atom is 0.511 e. The van der Waals surface area contributed by atoms with Gasteiger partial charge in [-0.05, 0) is 46.2 Å². The van der Waals surface area contributed by atoms with E-state index in [0.717, 1.165) is 0 Å². The Morgan fingerprint density at radius 2 is 1.56 bits per heavy atom. The van der Waals surface area contributed by atoms with E-state index in [1.54, 1.807) is 45.9 Å². The summed E-state index contributed by atoms with van der Waals surface area (Å²) >= 11 is 0. The second-order valence-electron chi connectivity index (χ2n) is 7.13. The second kappa shape index (κ2) is 15.2. The molecule has 1 unspecified atom stereocenters. The number of rotatable bonds is 14. The summed E-state index contributed by atoms with van der Waals surface area (Å²) in [5, 5.41) is 0. The average Bonchev–Trinajstić information content (AvgIpc) is 2.77. The highest BCUT2D eigenvalue weighted by Gasteiger charge is 2.34. The predicted molar refractivity (Wildman–Crippen MR) is 119 cm³/mol. The lowest BCUT2D eigenvalue weighted by molar-refractivity contribution is -0.158. The molecule has 0 aliphatic heterocycles. The maximum atomic E-state index is 12.9. The summed E-state index contributed by atoms with van der Waals surface area (Å²) in [4.78, 5) is 48.2. The Morgan fingerprint density at radius 3 is 2.12 bits per heavy atom. The smallest absolute Gasteiger partial charge is 0.431 e. The van der Waals surface area contributed by atoms with Crippen LogP contribution in [-0.4, -0.2) is 56.3 Å². The van der Waals surface area contributed by atoms with Crippen LogP contribution in [0.2, 0.25) is 0 Å². The summed E-state index contributed by atoms with van der Waals surface area (Å²) in [6.07, 6.45) is -2.38. The largest absolute Gasteiger partial charge is 0.511 e. The number of esters is 3. The Hall–Kier alpha value is -2.75. The molecule has 0 N–H and O–H groups in total. The molecule has 0 heterocycles. The van der Waals surface area contributed by atoms with Gasteiger partial charge < -0.3 is 28.0 Å². The Bertz CT molecular complexity index is 844. The van der Waals surface area contributed by atoms with E-state index in [0.29, 0.717) is 0 Å². The molecule has 0 amide bonds. The first-order chi connectivity index (χ1) is 16.1. The molecule has 1 atom stereocenters. The summed E-state index contributed by atoms with van der Waals surface area (Å²) < 4.78 is 42.5. The van der Waals surface area contributed by atoms with Crippen molar-refractivity contribution in [2.45, 2.75) is 46.6 Å². The minimum atomic E-state index is -3.69. The van der Waals surface area contributed by atoms with E-state index >= 15 is 0 Å². The van der Waals surface area contributed by atoms with Crippen molar-refractivity contribution in [1.82, 2.24) is 0 Å². The van der Waals surface area contributed by atoms with Crippen LogP contribution in [0.5, 0.6) is 0 Å². The zero-order chi connectivity index (χ0) is 25.6. The fourth-order valence-electron chi connectivity index (χ4n) is 2.65. The molecule has 0 saturated carbocycles. The normalized spacial score (nSPS) is 12.0. The second-order valence-corrected chi connectivity index (χ2v) is 9.24. The molecule has 0 saturated heterocycles. The number of carbonyl (C=O) groups excluding carboxylic acids is 4. The van der Waals surface area contributed by atoms with Crippen LogP contribution in [-0.2, 0) is 42.1 Å². The minimum absolute atomic E-state index is 0.0663. The Balaban J connectivity index is 2.78. The molecule has 0 aliphatic rings. The Morgan fingerprint density at radius 1 is 0.941 bits per heavy atom. The molecule has 1 aromatic rings. The lowest BCUT2D eigenvalue weighted by Gasteiger charge is -2.22. The molecule has 1 aromatic carbocycles. The Kier molecular flexibility index (Phi) is 13.1. The molecule has 1 rings (SSSR count). The van der Waals surface area contributed by atoms with Gasteiger partial charge in [0.1, 0.15) is 0 Å². The van der Waals surface area contributed by atoms with E-state index in [1.807, 2.05) is 0 Å². The molecular formula is C22H31O11P.